The first-order valence-corrected chi connectivity index (χ1v) is 10.0. The maximum absolute atomic E-state index is 12.7. The van der Waals surface area contributed by atoms with Crippen molar-refractivity contribution in [1.82, 2.24) is 0 Å². The number of hydrogen-bond acceptors (Lipinski definition) is 4. The molecule has 0 aliphatic carbocycles. The zero-order valence-corrected chi connectivity index (χ0v) is 17.0. The number of nitrogens with zero attached hydrogens (tertiary/aromatic N) is 2. The summed E-state index contributed by atoms with van der Waals surface area (Å²) < 4.78 is 0.970. The van der Waals surface area contributed by atoms with Gasteiger partial charge in [-0.2, -0.15) is 0 Å². The second-order valence-electron chi connectivity index (χ2n) is 5.74. The van der Waals surface area contributed by atoms with Gasteiger partial charge in [0.1, 0.15) is 0 Å². The fourth-order valence-electron chi connectivity index (χ4n) is 2.85. The van der Waals surface area contributed by atoms with E-state index in [4.69, 9.17) is 0 Å². The molecule has 0 atom stereocenters. The van der Waals surface area contributed by atoms with Crippen molar-refractivity contribution in [1.29, 1.82) is 0 Å². The molecule has 0 radical (unpaired) electrons. The number of benzene rings is 2. The van der Waals surface area contributed by atoms with Crippen LogP contribution in [0.3, 0.4) is 0 Å². The summed E-state index contributed by atoms with van der Waals surface area (Å²) in [6.07, 6.45) is 1.77. The first-order valence-electron chi connectivity index (χ1n) is 8.42. The number of anilines is 2. The predicted octanol–water partition coefficient (Wildman–Crippen LogP) is 5.54. The number of halogens is 1. The third-order valence-electron chi connectivity index (χ3n) is 4.18. The Morgan fingerprint density at radius 2 is 1.77 bits per heavy atom. The molecule has 0 aromatic heterocycles. The van der Waals surface area contributed by atoms with Gasteiger partial charge >= 0.3 is 0 Å². The number of hydrogen-bond donors (Lipinski definition) is 0. The van der Waals surface area contributed by atoms with Crippen LogP contribution in [0.4, 0.5) is 16.2 Å². The van der Waals surface area contributed by atoms with Crippen LogP contribution in [0.25, 0.3) is 6.08 Å². The van der Waals surface area contributed by atoms with Gasteiger partial charge in [0, 0.05) is 17.6 Å². The molecule has 0 N–H and O–H groups in total. The summed E-state index contributed by atoms with van der Waals surface area (Å²) in [5.41, 5.74) is 2.59. The van der Waals surface area contributed by atoms with Crippen molar-refractivity contribution in [3.05, 3.63) is 63.5 Å². The van der Waals surface area contributed by atoms with Crippen LogP contribution in [0, 0.1) is 0 Å². The number of para-hydroxylation sites is 1. The Kier molecular flexibility index (Phi) is 5.84. The minimum atomic E-state index is -0.282. The lowest BCUT2D eigenvalue weighted by Gasteiger charge is -2.22. The quantitative estimate of drug-likeness (QED) is 0.584. The molecule has 6 heteroatoms. The summed E-state index contributed by atoms with van der Waals surface area (Å²) in [4.78, 5) is 28.9. The zero-order chi connectivity index (χ0) is 18.7. The molecule has 2 aromatic rings. The van der Waals surface area contributed by atoms with Crippen LogP contribution in [-0.2, 0) is 4.79 Å². The molecule has 3 rings (SSSR count). The molecule has 0 saturated carbocycles. The fraction of sp³-hybridized carbons (Fsp3) is 0.200. The van der Waals surface area contributed by atoms with Gasteiger partial charge in [0.05, 0.1) is 16.3 Å². The Bertz CT molecular complexity index is 863. The lowest BCUT2D eigenvalue weighted by atomic mass is 10.1. The zero-order valence-electron chi connectivity index (χ0n) is 14.6. The molecule has 134 valence electrons. The summed E-state index contributed by atoms with van der Waals surface area (Å²) in [6.45, 7) is 6.07. The van der Waals surface area contributed by atoms with Gasteiger partial charge in [-0.25, -0.2) is 4.90 Å². The van der Waals surface area contributed by atoms with E-state index in [2.05, 4.69) is 34.7 Å². The van der Waals surface area contributed by atoms with Crippen LogP contribution in [0.5, 0.6) is 0 Å². The number of carbonyl (C=O) groups is 2. The van der Waals surface area contributed by atoms with Gasteiger partial charge in [-0.05, 0) is 77.4 Å². The first kappa shape index (κ1) is 18.7. The summed E-state index contributed by atoms with van der Waals surface area (Å²) in [5, 5.41) is -0.272. The van der Waals surface area contributed by atoms with E-state index in [-0.39, 0.29) is 11.1 Å². The van der Waals surface area contributed by atoms with Crippen molar-refractivity contribution < 1.29 is 9.59 Å². The number of thioether (sulfide) groups is 1. The standard InChI is InChI=1S/C20H19BrN2O2S/c1-3-22(4-2)17-11-10-14(12-16(17)21)13-18-19(24)23(20(25)26-18)15-8-6-5-7-9-15/h5-13H,3-4H2,1-2H3/b18-13+. The molecule has 0 unspecified atom stereocenters. The lowest BCUT2D eigenvalue weighted by molar-refractivity contribution is -0.113. The van der Waals surface area contributed by atoms with Crippen LogP contribution in [0.2, 0.25) is 0 Å². The normalized spacial score (nSPS) is 15.8. The average molecular weight is 431 g/mol. The molecule has 2 aromatic carbocycles. The van der Waals surface area contributed by atoms with E-state index >= 15 is 0 Å². The Morgan fingerprint density at radius 1 is 1.08 bits per heavy atom. The molecule has 1 aliphatic rings. The molecular weight excluding hydrogens is 412 g/mol. The maximum atomic E-state index is 12.7. The highest BCUT2D eigenvalue weighted by Crippen LogP contribution is 2.36. The molecule has 0 spiro atoms. The largest absolute Gasteiger partial charge is 0.371 e. The van der Waals surface area contributed by atoms with Crippen molar-refractivity contribution in [3.63, 3.8) is 0 Å². The van der Waals surface area contributed by atoms with Gasteiger partial charge in [0.2, 0.25) is 0 Å². The van der Waals surface area contributed by atoms with Gasteiger partial charge < -0.3 is 4.90 Å². The van der Waals surface area contributed by atoms with Gasteiger partial charge in [-0.3, -0.25) is 9.59 Å². The molecule has 2 amide bonds. The molecule has 0 bridgehead atoms. The van der Waals surface area contributed by atoms with Crippen molar-refractivity contribution in [2.75, 3.05) is 22.9 Å². The minimum absolute atomic E-state index is 0.272. The van der Waals surface area contributed by atoms with E-state index < -0.39 is 0 Å². The third-order valence-corrected chi connectivity index (χ3v) is 5.69. The lowest BCUT2D eigenvalue weighted by Crippen LogP contribution is -2.27. The van der Waals surface area contributed by atoms with Crippen LogP contribution in [-0.4, -0.2) is 24.2 Å². The Morgan fingerprint density at radius 3 is 2.38 bits per heavy atom. The van der Waals surface area contributed by atoms with E-state index in [1.54, 1.807) is 18.2 Å². The van der Waals surface area contributed by atoms with E-state index in [1.165, 1.54) is 4.90 Å². The number of amides is 2. The molecule has 1 fully saturated rings. The van der Waals surface area contributed by atoms with E-state index in [9.17, 15) is 9.59 Å². The van der Waals surface area contributed by atoms with E-state index in [0.717, 1.165) is 40.6 Å². The van der Waals surface area contributed by atoms with Gasteiger partial charge in [-0.1, -0.05) is 24.3 Å². The topological polar surface area (TPSA) is 40.6 Å². The highest BCUT2D eigenvalue weighted by molar-refractivity contribution is 9.10. The minimum Gasteiger partial charge on any atom is -0.371 e. The van der Waals surface area contributed by atoms with Crippen LogP contribution < -0.4 is 9.80 Å². The molecule has 26 heavy (non-hydrogen) atoms. The van der Waals surface area contributed by atoms with Crippen LogP contribution >= 0.6 is 27.7 Å². The van der Waals surface area contributed by atoms with E-state index in [1.807, 2.05) is 36.4 Å². The summed E-state index contributed by atoms with van der Waals surface area (Å²) in [5.74, 6) is -0.282. The summed E-state index contributed by atoms with van der Waals surface area (Å²) >= 11 is 4.58. The molecule has 1 aliphatic heterocycles. The molecule has 1 saturated heterocycles. The Hall–Kier alpha value is -2.05. The van der Waals surface area contributed by atoms with Crippen LogP contribution in [0.1, 0.15) is 19.4 Å². The van der Waals surface area contributed by atoms with Crippen molar-refractivity contribution >= 4 is 56.3 Å². The SMILES string of the molecule is CCN(CC)c1ccc(/C=C2/SC(=O)N(c3ccccc3)C2=O)cc1Br. The monoisotopic (exact) mass is 430 g/mol. The highest BCUT2D eigenvalue weighted by atomic mass is 79.9. The molecule has 4 nitrogen and oxygen atoms in total. The summed E-state index contributed by atoms with van der Waals surface area (Å²) in [6, 6.07) is 15.0. The Balaban J connectivity index is 1.88. The van der Waals surface area contributed by atoms with E-state index in [0.29, 0.717) is 10.6 Å². The molecule has 1 heterocycles. The number of imide groups is 1. The van der Waals surface area contributed by atoms with Crippen molar-refractivity contribution in [2.45, 2.75) is 13.8 Å². The smallest absolute Gasteiger partial charge is 0.298 e. The van der Waals surface area contributed by atoms with Gasteiger partial charge in [-0.15, -0.1) is 0 Å². The highest BCUT2D eigenvalue weighted by Gasteiger charge is 2.36. The summed E-state index contributed by atoms with van der Waals surface area (Å²) in [7, 11) is 0. The number of carbonyl (C=O) groups excluding carboxylic acids is 2. The fourth-order valence-corrected chi connectivity index (χ4v) is 4.34. The van der Waals surface area contributed by atoms with Gasteiger partial charge in [0.15, 0.2) is 0 Å². The second-order valence-corrected chi connectivity index (χ2v) is 7.58. The average Bonchev–Trinajstić information content (AvgIpc) is 2.92. The van der Waals surface area contributed by atoms with Crippen molar-refractivity contribution in [3.8, 4) is 0 Å². The maximum Gasteiger partial charge on any atom is 0.298 e. The third kappa shape index (κ3) is 3.71. The van der Waals surface area contributed by atoms with Crippen LogP contribution in [0.15, 0.2) is 57.9 Å². The van der Waals surface area contributed by atoms with Gasteiger partial charge in [0.25, 0.3) is 11.1 Å². The second kappa shape index (κ2) is 8.10. The molecular formula is C20H19BrN2O2S. The van der Waals surface area contributed by atoms with Crippen molar-refractivity contribution in [2.24, 2.45) is 0 Å². The number of rotatable bonds is 5. The first-order chi connectivity index (χ1) is 12.5. The Labute approximate surface area is 166 Å². The predicted molar refractivity (Wildman–Crippen MR) is 113 cm³/mol.